The third kappa shape index (κ3) is 3.61. The Morgan fingerprint density at radius 2 is 1.81 bits per heavy atom. The van der Waals surface area contributed by atoms with Crippen LogP contribution in [0.15, 0.2) is 42.5 Å². The van der Waals surface area contributed by atoms with Gasteiger partial charge in [0.05, 0.1) is 5.56 Å². The second-order valence-electron chi connectivity index (χ2n) is 4.46. The van der Waals surface area contributed by atoms with Crippen LogP contribution in [0.4, 0.5) is 5.69 Å². The maximum absolute atomic E-state index is 12.3. The van der Waals surface area contributed by atoms with Crippen LogP contribution in [0.5, 0.6) is 5.75 Å². The van der Waals surface area contributed by atoms with Crippen LogP contribution in [-0.2, 0) is 4.79 Å². The molecule has 0 spiro atoms. The minimum atomic E-state index is -0.478. The molecule has 5 heteroatoms. The van der Waals surface area contributed by atoms with Gasteiger partial charge in [0.2, 0.25) is 0 Å². The molecule has 1 amide bonds. The summed E-state index contributed by atoms with van der Waals surface area (Å²) in [5, 5.41) is 3.34. The normalized spacial score (nSPS) is 10.0. The molecule has 0 aliphatic rings. The van der Waals surface area contributed by atoms with Crippen molar-refractivity contribution in [1.29, 1.82) is 0 Å². The first kappa shape index (κ1) is 15.1. The summed E-state index contributed by atoms with van der Waals surface area (Å²) in [5.74, 6) is -0.617. The minimum absolute atomic E-state index is 0.224. The average Bonchev–Trinajstić information content (AvgIpc) is 2.44. The van der Waals surface area contributed by atoms with Crippen LogP contribution < -0.4 is 10.1 Å². The molecule has 0 bridgehead atoms. The van der Waals surface area contributed by atoms with Crippen molar-refractivity contribution in [2.24, 2.45) is 0 Å². The zero-order valence-electron chi connectivity index (χ0n) is 11.6. The van der Waals surface area contributed by atoms with Gasteiger partial charge in [0, 0.05) is 17.6 Å². The van der Waals surface area contributed by atoms with Gasteiger partial charge in [-0.3, -0.25) is 9.59 Å². The monoisotopic (exact) mass is 303 g/mol. The first-order valence-corrected chi connectivity index (χ1v) is 6.70. The lowest BCUT2D eigenvalue weighted by Gasteiger charge is -2.11. The van der Waals surface area contributed by atoms with Gasteiger partial charge in [-0.15, -0.1) is 0 Å². The predicted molar refractivity (Wildman–Crippen MR) is 81.9 cm³/mol. The number of halogens is 1. The Hall–Kier alpha value is -2.33. The van der Waals surface area contributed by atoms with Gasteiger partial charge in [0.15, 0.2) is 0 Å². The van der Waals surface area contributed by atoms with E-state index in [1.54, 1.807) is 42.5 Å². The quantitative estimate of drug-likeness (QED) is 0.692. The van der Waals surface area contributed by atoms with Crippen LogP contribution in [0, 0.1) is 6.92 Å². The van der Waals surface area contributed by atoms with Crippen LogP contribution in [0.25, 0.3) is 0 Å². The number of hydrogen-bond donors (Lipinski definition) is 1. The van der Waals surface area contributed by atoms with Crippen molar-refractivity contribution in [1.82, 2.24) is 0 Å². The molecule has 0 aromatic heterocycles. The number of benzene rings is 2. The molecule has 21 heavy (non-hydrogen) atoms. The van der Waals surface area contributed by atoms with Crippen LogP contribution in [-0.4, -0.2) is 11.9 Å². The van der Waals surface area contributed by atoms with Gasteiger partial charge in [0.1, 0.15) is 5.75 Å². The van der Waals surface area contributed by atoms with Crippen LogP contribution in [0.2, 0.25) is 5.02 Å². The summed E-state index contributed by atoms with van der Waals surface area (Å²) < 4.78 is 5.03. The first-order valence-electron chi connectivity index (χ1n) is 6.33. The van der Waals surface area contributed by atoms with E-state index in [1.165, 1.54) is 6.92 Å². The van der Waals surface area contributed by atoms with Crippen LogP contribution >= 0.6 is 11.6 Å². The maximum atomic E-state index is 12.3. The summed E-state index contributed by atoms with van der Waals surface area (Å²) >= 11 is 6.02. The lowest BCUT2D eigenvalue weighted by molar-refractivity contribution is -0.131. The van der Waals surface area contributed by atoms with Crippen molar-refractivity contribution >= 4 is 29.2 Å². The molecule has 0 radical (unpaired) electrons. The zero-order valence-corrected chi connectivity index (χ0v) is 12.4. The molecular formula is C16H14ClNO3. The fourth-order valence-corrected chi connectivity index (χ4v) is 2.01. The third-order valence-electron chi connectivity index (χ3n) is 2.90. The smallest absolute Gasteiger partial charge is 0.308 e. The molecule has 0 saturated carbocycles. The Bertz CT molecular complexity index is 698. The van der Waals surface area contributed by atoms with E-state index in [-0.39, 0.29) is 17.2 Å². The number of nitrogens with one attached hydrogen (secondary N) is 1. The number of carbonyl (C=O) groups is 2. The second kappa shape index (κ2) is 6.41. The third-order valence-corrected chi connectivity index (χ3v) is 3.31. The van der Waals surface area contributed by atoms with Crippen molar-refractivity contribution in [2.45, 2.75) is 13.8 Å². The molecule has 2 aromatic carbocycles. The predicted octanol–water partition coefficient (Wildman–Crippen LogP) is 3.83. The molecule has 2 rings (SSSR count). The number of rotatable bonds is 3. The Labute approximate surface area is 127 Å². The summed E-state index contributed by atoms with van der Waals surface area (Å²) in [6.45, 7) is 3.10. The second-order valence-corrected chi connectivity index (χ2v) is 4.86. The summed E-state index contributed by atoms with van der Waals surface area (Å²) in [7, 11) is 0. The van der Waals surface area contributed by atoms with E-state index in [1.807, 2.05) is 6.92 Å². The number of esters is 1. The van der Waals surface area contributed by atoms with Gasteiger partial charge in [0.25, 0.3) is 5.91 Å². The van der Waals surface area contributed by atoms with Crippen LogP contribution in [0.3, 0.4) is 0 Å². The first-order chi connectivity index (χ1) is 9.99. The molecule has 0 aliphatic heterocycles. The molecule has 0 heterocycles. The van der Waals surface area contributed by atoms with E-state index in [4.69, 9.17) is 16.3 Å². The van der Waals surface area contributed by atoms with E-state index < -0.39 is 5.97 Å². The highest BCUT2D eigenvalue weighted by Gasteiger charge is 2.14. The lowest BCUT2D eigenvalue weighted by Crippen LogP contribution is -2.15. The van der Waals surface area contributed by atoms with E-state index in [0.717, 1.165) is 5.56 Å². The Morgan fingerprint density at radius 3 is 2.52 bits per heavy atom. The number of para-hydroxylation sites is 1. The molecule has 0 aliphatic carbocycles. The van der Waals surface area contributed by atoms with Gasteiger partial charge in [-0.1, -0.05) is 29.8 Å². The molecule has 0 atom stereocenters. The highest BCUT2D eigenvalue weighted by Crippen LogP contribution is 2.25. The van der Waals surface area contributed by atoms with E-state index in [2.05, 4.69) is 5.32 Å². The molecule has 1 N–H and O–H groups in total. The Morgan fingerprint density at radius 1 is 1.10 bits per heavy atom. The van der Waals surface area contributed by atoms with E-state index in [9.17, 15) is 9.59 Å². The topological polar surface area (TPSA) is 55.4 Å². The standard InChI is InChI=1S/C16H14ClNO3/c1-10-13(17)7-5-8-14(10)18-16(20)12-6-3-4-9-15(12)21-11(2)19/h3-9H,1-2H3,(H,18,20). The van der Waals surface area contributed by atoms with Crippen LogP contribution in [0.1, 0.15) is 22.8 Å². The van der Waals surface area contributed by atoms with Gasteiger partial charge in [-0.2, -0.15) is 0 Å². The van der Waals surface area contributed by atoms with Gasteiger partial charge in [-0.25, -0.2) is 0 Å². The van der Waals surface area contributed by atoms with E-state index in [0.29, 0.717) is 10.7 Å². The molecule has 108 valence electrons. The number of amides is 1. The molecule has 2 aromatic rings. The lowest BCUT2D eigenvalue weighted by atomic mass is 10.1. The Balaban J connectivity index is 2.29. The molecular weight excluding hydrogens is 290 g/mol. The number of hydrogen-bond acceptors (Lipinski definition) is 3. The molecule has 0 fully saturated rings. The minimum Gasteiger partial charge on any atom is -0.426 e. The summed E-state index contributed by atoms with van der Waals surface area (Å²) in [6, 6.07) is 11.8. The fraction of sp³-hybridized carbons (Fsp3) is 0.125. The average molecular weight is 304 g/mol. The number of carbonyl (C=O) groups excluding carboxylic acids is 2. The van der Waals surface area contributed by atoms with Crippen molar-refractivity contribution in [3.8, 4) is 5.75 Å². The molecule has 0 saturated heterocycles. The maximum Gasteiger partial charge on any atom is 0.308 e. The summed E-state index contributed by atoms with van der Waals surface area (Å²) in [6.07, 6.45) is 0. The summed E-state index contributed by atoms with van der Waals surface area (Å²) in [4.78, 5) is 23.4. The zero-order chi connectivity index (χ0) is 15.4. The van der Waals surface area contributed by atoms with Gasteiger partial charge in [-0.05, 0) is 36.8 Å². The highest BCUT2D eigenvalue weighted by molar-refractivity contribution is 6.31. The molecule has 4 nitrogen and oxygen atoms in total. The van der Waals surface area contributed by atoms with Crippen molar-refractivity contribution in [3.63, 3.8) is 0 Å². The van der Waals surface area contributed by atoms with Gasteiger partial charge >= 0.3 is 5.97 Å². The fourth-order valence-electron chi connectivity index (χ4n) is 1.83. The highest BCUT2D eigenvalue weighted by atomic mass is 35.5. The largest absolute Gasteiger partial charge is 0.426 e. The molecule has 0 unspecified atom stereocenters. The van der Waals surface area contributed by atoms with Crippen molar-refractivity contribution in [3.05, 3.63) is 58.6 Å². The SMILES string of the molecule is CC(=O)Oc1ccccc1C(=O)Nc1cccc(Cl)c1C. The summed E-state index contributed by atoms with van der Waals surface area (Å²) in [5.41, 5.74) is 1.68. The number of anilines is 1. The van der Waals surface area contributed by atoms with Crippen molar-refractivity contribution in [2.75, 3.05) is 5.32 Å². The Kier molecular flexibility index (Phi) is 4.60. The number of ether oxygens (including phenoxy) is 1. The van der Waals surface area contributed by atoms with Gasteiger partial charge < -0.3 is 10.1 Å². The van der Waals surface area contributed by atoms with E-state index >= 15 is 0 Å². The van der Waals surface area contributed by atoms with Crippen molar-refractivity contribution < 1.29 is 14.3 Å².